The zero-order chi connectivity index (χ0) is 19.5. The number of ether oxygens (including phenoxy) is 1. The summed E-state index contributed by atoms with van der Waals surface area (Å²) in [4.78, 5) is 14.3. The highest BCUT2D eigenvalue weighted by Gasteiger charge is 2.27. The first-order valence-corrected chi connectivity index (χ1v) is 9.97. The van der Waals surface area contributed by atoms with Crippen molar-refractivity contribution in [2.24, 2.45) is 0 Å². The summed E-state index contributed by atoms with van der Waals surface area (Å²) in [5.41, 5.74) is 5.72. The highest BCUT2D eigenvalue weighted by atomic mass is 35.5. The summed E-state index contributed by atoms with van der Waals surface area (Å²) in [6.07, 6.45) is 0.786. The number of esters is 1. The van der Waals surface area contributed by atoms with Crippen LogP contribution in [0.2, 0.25) is 5.02 Å². The summed E-state index contributed by atoms with van der Waals surface area (Å²) in [6, 6.07) is 6.98. The molecule has 1 heterocycles. The average molecular weight is 400 g/mol. The molecule has 26 heavy (non-hydrogen) atoms. The smallest absolute Gasteiger partial charge is 0.357 e. The molecule has 0 aliphatic carbocycles. The molecule has 0 bridgehead atoms. The first-order valence-electron chi connectivity index (χ1n) is 8.15. The average Bonchev–Trinajstić information content (AvgIpc) is 3.08. The van der Waals surface area contributed by atoms with E-state index in [2.05, 4.69) is 0 Å². The van der Waals surface area contributed by atoms with Crippen LogP contribution in [0.5, 0.6) is 0 Å². The first kappa shape index (κ1) is 20.3. The van der Waals surface area contributed by atoms with E-state index in [0.29, 0.717) is 13.1 Å². The van der Waals surface area contributed by atoms with E-state index in [-0.39, 0.29) is 21.3 Å². The van der Waals surface area contributed by atoms with Gasteiger partial charge in [0.2, 0.25) is 0 Å². The zero-order valence-electron chi connectivity index (χ0n) is 14.8. The van der Waals surface area contributed by atoms with Crippen molar-refractivity contribution in [1.82, 2.24) is 8.87 Å². The van der Waals surface area contributed by atoms with Gasteiger partial charge in [0, 0.05) is 11.2 Å². The Morgan fingerprint density at radius 2 is 1.96 bits per heavy atom. The quantitative estimate of drug-likeness (QED) is 0.437. The lowest BCUT2D eigenvalue weighted by Crippen LogP contribution is -2.36. The van der Waals surface area contributed by atoms with Crippen molar-refractivity contribution in [3.05, 3.63) is 47.2 Å². The summed E-state index contributed by atoms with van der Waals surface area (Å²) >= 11 is 5.90. The highest BCUT2D eigenvalue weighted by molar-refractivity contribution is 7.90. The molecular formula is C17H22ClN3O4S. The molecule has 2 aromatic rings. The number of carbonyl (C=O) groups excluding carboxylic acids is 1. The fraction of sp³-hybridized carbons (Fsp3) is 0.353. The summed E-state index contributed by atoms with van der Waals surface area (Å²) in [6.45, 7) is 7.03. The molecule has 1 atom stereocenters. The van der Waals surface area contributed by atoms with E-state index in [4.69, 9.17) is 22.1 Å². The fourth-order valence-electron chi connectivity index (χ4n) is 2.60. The van der Waals surface area contributed by atoms with Crippen molar-refractivity contribution in [3.8, 4) is 0 Å². The van der Waals surface area contributed by atoms with E-state index < -0.39 is 22.2 Å². The first-order chi connectivity index (χ1) is 12.2. The number of rotatable bonds is 7. The molecule has 0 aliphatic heterocycles. The maximum Gasteiger partial charge on any atom is 0.357 e. The standard InChI is InChI=1S/C17H22ClN3O4S/c1-4-20(5-2)12(3)25-17(22)15-7-6-10-21(15)26(23,24)16-11-13(18)8-9-14(16)19/h6-12H,4-5,19H2,1-3H3. The van der Waals surface area contributed by atoms with E-state index in [1.807, 2.05) is 18.7 Å². The van der Waals surface area contributed by atoms with Gasteiger partial charge in [-0.05, 0) is 50.3 Å². The SMILES string of the molecule is CCN(CC)C(C)OC(=O)c1cccn1S(=O)(=O)c1cc(Cl)ccc1N. The molecule has 0 aliphatic rings. The Morgan fingerprint density at radius 1 is 1.31 bits per heavy atom. The predicted molar refractivity (Wildman–Crippen MR) is 101 cm³/mol. The van der Waals surface area contributed by atoms with Crippen LogP contribution in [0.15, 0.2) is 41.4 Å². The minimum Gasteiger partial charge on any atom is -0.442 e. The lowest BCUT2D eigenvalue weighted by atomic mass is 10.3. The number of nitrogens with zero attached hydrogens (tertiary/aromatic N) is 2. The molecule has 7 nitrogen and oxygen atoms in total. The maximum absolute atomic E-state index is 12.9. The second-order valence-electron chi connectivity index (χ2n) is 5.60. The van der Waals surface area contributed by atoms with E-state index in [1.54, 1.807) is 6.92 Å². The van der Waals surface area contributed by atoms with Crippen LogP contribution in [0.4, 0.5) is 5.69 Å². The van der Waals surface area contributed by atoms with Crippen LogP contribution in [0.1, 0.15) is 31.3 Å². The van der Waals surface area contributed by atoms with Crippen molar-refractivity contribution < 1.29 is 17.9 Å². The Bertz CT molecular complexity index is 891. The number of nitrogens with two attached hydrogens (primary N) is 1. The normalized spacial score (nSPS) is 13.0. The molecule has 2 N–H and O–H groups in total. The molecule has 1 unspecified atom stereocenters. The van der Waals surface area contributed by atoms with Gasteiger partial charge in [0.05, 0.1) is 5.69 Å². The van der Waals surface area contributed by atoms with Crippen molar-refractivity contribution in [1.29, 1.82) is 0 Å². The zero-order valence-corrected chi connectivity index (χ0v) is 16.4. The van der Waals surface area contributed by atoms with Gasteiger partial charge in [-0.2, -0.15) is 0 Å². The Morgan fingerprint density at radius 3 is 2.58 bits per heavy atom. The second kappa shape index (κ2) is 8.11. The van der Waals surface area contributed by atoms with Gasteiger partial charge >= 0.3 is 5.97 Å². The van der Waals surface area contributed by atoms with Crippen molar-refractivity contribution in [3.63, 3.8) is 0 Å². The molecule has 0 spiro atoms. The molecule has 2 rings (SSSR count). The van der Waals surface area contributed by atoms with Crippen LogP contribution in [0.3, 0.4) is 0 Å². The number of benzene rings is 1. The third-order valence-corrected chi connectivity index (χ3v) is 6.02. The molecule has 0 amide bonds. The largest absolute Gasteiger partial charge is 0.442 e. The third-order valence-electron chi connectivity index (χ3n) is 4.04. The minimum absolute atomic E-state index is 0.0407. The molecule has 0 radical (unpaired) electrons. The molecular weight excluding hydrogens is 378 g/mol. The number of carbonyl (C=O) groups is 1. The number of aromatic nitrogens is 1. The number of hydrogen-bond donors (Lipinski definition) is 1. The number of halogens is 1. The van der Waals surface area contributed by atoms with Gasteiger partial charge < -0.3 is 10.5 Å². The van der Waals surface area contributed by atoms with Gasteiger partial charge in [0.15, 0.2) is 6.23 Å². The van der Waals surface area contributed by atoms with E-state index in [1.165, 1.54) is 36.5 Å². The van der Waals surface area contributed by atoms with Crippen LogP contribution < -0.4 is 5.73 Å². The van der Waals surface area contributed by atoms with Crippen LogP contribution >= 0.6 is 11.6 Å². The highest BCUT2D eigenvalue weighted by Crippen LogP contribution is 2.26. The van der Waals surface area contributed by atoms with Crippen LogP contribution in [-0.4, -0.2) is 42.6 Å². The van der Waals surface area contributed by atoms with Gasteiger partial charge in [-0.15, -0.1) is 0 Å². The Kier molecular flexibility index (Phi) is 6.33. The summed E-state index contributed by atoms with van der Waals surface area (Å²) in [5, 5.41) is 0.226. The number of hydrogen-bond acceptors (Lipinski definition) is 6. The molecule has 9 heteroatoms. The topological polar surface area (TPSA) is 94.6 Å². The Hall–Kier alpha value is -2.03. The molecule has 1 aromatic heterocycles. The summed E-state index contributed by atoms with van der Waals surface area (Å²) in [7, 11) is -4.10. The van der Waals surface area contributed by atoms with Crippen molar-refractivity contribution in [2.45, 2.75) is 31.9 Å². The fourth-order valence-corrected chi connectivity index (χ4v) is 4.31. The molecule has 0 fully saturated rings. The number of anilines is 1. The third kappa shape index (κ3) is 4.03. The van der Waals surface area contributed by atoms with Gasteiger partial charge in [0.1, 0.15) is 10.6 Å². The molecule has 0 saturated heterocycles. The maximum atomic E-state index is 12.9. The lowest BCUT2D eigenvalue weighted by Gasteiger charge is -2.26. The van der Waals surface area contributed by atoms with E-state index >= 15 is 0 Å². The molecule has 1 aromatic carbocycles. The summed E-state index contributed by atoms with van der Waals surface area (Å²) < 4.78 is 32.1. The van der Waals surface area contributed by atoms with Gasteiger partial charge in [-0.25, -0.2) is 17.2 Å². The van der Waals surface area contributed by atoms with Crippen molar-refractivity contribution in [2.75, 3.05) is 18.8 Å². The van der Waals surface area contributed by atoms with E-state index in [0.717, 1.165) is 3.97 Å². The van der Waals surface area contributed by atoms with Gasteiger partial charge in [0.25, 0.3) is 10.0 Å². The Labute approximate surface area is 158 Å². The lowest BCUT2D eigenvalue weighted by molar-refractivity contribution is -0.0203. The van der Waals surface area contributed by atoms with Crippen molar-refractivity contribution >= 4 is 33.3 Å². The van der Waals surface area contributed by atoms with E-state index in [9.17, 15) is 13.2 Å². The van der Waals surface area contributed by atoms with Gasteiger partial charge in [-0.3, -0.25) is 4.90 Å². The minimum atomic E-state index is -4.10. The second-order valence-corrected chi connectivity index (χ2v) is 7.82. The number of nitrogen functional groups attached to an aromatic ring is 1. The van der Waals surface area contributed by atoms with Crippen LogP contribution in [-0.2, 0) is 14.8 Å². The molecule has 142 valence electrons. The molecule has 0 saturated carbocycles. The van der Waals surface area contributed by atoms with Crippen LogP contribution in [0, 0.1) is 0 Å². The Balaban J connectivity index is 2.38. The summed E-state index contributed by atoms with van der Waals surface area (Å²) in [5.74, 6) is -0.737. The monoisotopic (exact) mass is 399 g/mol. The van der Waals surface area contributed by atoms with Crippen LogP contribution in [0.25, 0.3) is 0 Å². The predicted octanol–water partition coefficient (Wildman–Crippen LogP) is 2.81. The van der Waals surface area contributed by atoms with Gasteiger partial charge in [-0.1, -0.05) is 25.4 Å².